The maximum Gasteiger partial charge on any atom is 0.252 e. The zero-order chi connectivity index (χ0) is 19.2. The van der Waals surface area contributed by atoms with Crippen LogP contribution in [0.25, 0.3) is 16.3 Å². The fourth-order valence-corrected chi connectivity index (χ4v) is 3.54. The van der Waals surface area contributed by atoms with Gasteiger partial charge in [0.1, 0.15) is 5.75 Å². The number of rotatable bonds is 7. The highest BCUT2D eigenvalue weighted by molar-refractivity contribution is 7.22. The maximum absolute atomic E-state index is 12.9. The van der Waals surface area contributed by atoms with Crippen molar-refractivity contribution in [3.8, 4) is 5.75 Å². The van der Waals surface area contributed by atoms with Crippen LogP contribution < -0.4 is 9.64 Å². The molecule has 0 spiro atoms. The SMILES string of the molecule is COc1ccc2sc(N(CCN(C)C)C(=O)C=Cc3ccccc3)nc2c1. The number of aromatic nitrogens is 1. The number of hydrogen-bond donors (Lipinski definition) is 0. The Hall–Kier alpha value is -2.70. The Labute approximate surface area is 163 Å². The first kappa shape index (κ1) is 19.1. The first-order valence-corrected chi connectivity index (χ1v) is 9.52. The number of benzene rings is 2. The normalized spacial score (nSPS) is 11.4. The van der Waals surface area contributed by atoms with E-state index in [1.54, 1.807) is 18.1 Å². The second kappa shape index (κ2) is 8.79. The van der Waals surface area contributed by atoms with Gasteiger partial charge in [-0.25, -0.2) is 4.98 Å². The predicted molar refractivity (Wildman–Crippen MR) is 113 cm³/mol. The Bertz CT molecular complexity index is 935. The summed E-state index contributed by atoms with van der Waals surface area (Å²) in [4.78, 5) is 21.3. The largest absolute Gasteiger partial charge is 0.497 e. The van der Waals surface area contributed by atoms with Crippen molar-refractivity contribution < 1.29 is 9.53 Å². The molecule has 27 heavy (non-hydrogen) atoms. The molecule has 1 heterocycles. The van der Waals surface area contributed by atoms with Crippen LogP contribution in [0.5, 0.6) is 5.75 Å². The van der Waals surface area contributed by atoms with Crippen LogP contribution in [0.3, 0.4) is 0 Å². The molecule has 0 saturated heterocycles. The van der Waals surface area contributed by atoms with Crippen molar-refractivity contribution in [3.05, 3.63) is 60.2 Å². The van der Waals surface area contributed by atoms with Crippen molar-refractivity contribution in [1.29, 1.82) is 0 Å². The van der Waals surface area contributed by atoms with Gasteiger partial charge in [-0.15, -0.1) is 0 Å². The van der Waals surface area contributed by atoms with E-state index in [4.69, 9.17) is 4.74 Å². The lowest BCUT2D eigenvalue weighted by Crippen LogP contribution is -2.35. The Morgan fingerprint density at radius 2 is 1.93 bits per heavy atom. The van der Waals surface area contributed by atoms with E-state index >= 15 is 0 Å². The number of fused-ring (bicyclic) bond motifs is 1. The van der Waals surface area contributed by atoms with E-state index in [9.17, 15) is 4.79 Å². The van der Waals surface area contributed by atoms with Crippen LogP contribution in [0.4, 0.5) is 5.13 Å². The number of thiazole rings is 1. The Morgan fingerprint density at radius 3 is 2.63 bits per heavy atom. The number of anilines is 1. The van der Waals surface area contributed by atoms with Gasteiger partial charge in [0.2, 0.25) is 0 Å². The van der Waals surface area contributed by atoms with Gasteiger partial charge in [-0.05, 0) is 37.9 Å². The highest BCUT2D eigenvalue weighted by Crippen LogP contribution is 2.31. The molecule has 1 amide bonds. The Balaban J connectivity index is 1.88. The second-order valence-electron chi connectivity index (χ2n) is 6.37. The summed E-state index contributed by atoms with van der Waals surface area (Å²) in [6.07, 6.45) is 3.44. The zero-order valence-electron chi connectivity index (χ0n) is 15.8. The van der Waals surface area contributed by atoms with E-state index in [-0.39, 0.29) is 5.91 Å². The zero-order valence-corrected chi connectivity index (χ0v) is 16.6. The van der Waals surface area contributed by atoms with Crippen LogP contribution in [0, 0.1) is 0 Å². The van der Waals surface area contributed by atoms with Gasteiger partial charge in [-0.1, -0.05) is 41.7 Å². The van der Waals surface area contributed by atoms with Gasteiger partial charge in [0.05, 0.1) is 17.3 Å². The third kappa shape index (κ3) is 4.93. The molecular weight excluding hydrogens is 358 g/mol. The average Bonchev–Trinajstić information content (AvgIpc) is 3.09. The quantitative estimate of drug-likeness (QED) is 0.582. The minimum absolute atomic E-state index is 0.0771. The van der Waals surface area contributed by atoms with Crippen molar-refractivity contribution in [1.82, 2.24) is 9.88 Å². The molecule has 0 unspecified atom stereocenters. The standard InChI is InChI=1S/C21H23N3O2S/c1-23(2)13-14-24(20(25)12-9-16-7-5-4-6-8-16)21-22-18-15-17(26-3)10-11-19(18)27-21/h4-12,15H,13-14H2,1-3H3. The molecule has 0 aliphatic carbocycles. The maximum atomic E-state index is 12.9. The average molecular weight is 382 g/mol. The third-order valence-electron chi connectivity index (χ3n) is 4.07. The van der Waals surface area contributed by atoms with Crippen molar-refractivity contribution in [2.45, 2.75) is 0 Å². The molecule has 3 aromatic rings. The molecule has 140 valence electrons. The molecule has 3 rings (SSSR count). The summed E-state index contributed by atoms with van der Waals surface area (Å²) in [5.74, 6) is 0.682. The van der Waals surface area contributed by atoms with E-state index in [0.717, 1.165) is 28.1 Å². The number of nitrogens with zero attached hydrogens (tertiary/aromatic N) is 3. The summed E-state index contributed by atoms with van der Waals surface area (Å²) in [5, 5.41) is 0.697. The van der Waals surface area contributed by atoms with Gasteiger partial charge < -0.3 is 9.64 Å². The monoisotopic (exact) mass is 381 g/mol. The summed E-state index contributed by atoms with van der Waals surface area (Å²) in [6, 6.07) is 15.6. The summed E-state index contributed by atoms with van der Waals surface area (Å²) < 4.78 is 6.30. The first-order chi connectivity index (χ1) is 13.1. The van der Waals surface area contributed by atoms with Crippen molar-refractivity contribution in [2.24, 2.45) is 0 Å². The molecule has 2 aromatic carbocycles. The fraction of sp³-hybridized carbons (Fsp3) is 0.238. The van der Waals surface area contributed by atoms with Crippen LogP contribution in [0.2, 0.25) is 0 Å². The fourth-order valence-electron chi connectivity index (χ4n) is 2.56. The lowest BCUT2D eigenvalue weighted by Gasteiger charge is -2.20. The van der Waals surface area contributed by atoms with Gasteiger partial charge in [-0.3, -0.25) is 9.69 Å². The third-order valence-corrected chi connectivity index (χ3v) is 5.13. The number of carbonyl (C=O) groups is 1. The van der Waals surface area contributed by atoms with E-state index in [2.05, 4.69) is 9.88 Å². The highest BCUT2D eigenvalue weighted by atomic mass is 32.1. The van der Waals surface area contributed by atoms with E-state index in [0.29, 0.717) is 11.7 Å². The minimum atomic E-state index is -0.0771. The van der Waals surface area contributed by atoms with Crippen LogP contribution >= 0.6 is 11.3 Å². The lowest BCUT2D eigenvalue weighted by atomic mass is 10.2. The molecular formula is C21H23N3O2S. The summed E-state index contributed by atoms with van der Waals surface area (Å²) >= 11 is 1.51. The van der Waals surface area contributed by atoms with Crippen molar-refractivity contribution >= 4 is 38.7 Å². The summed E-state index contributed by atoms with van der Waals surface area (Å²) in [7, 11) is 5.62. The molecule has 0 bridgehead atoms. The van der Waals surface area contributed by atoms with Crippen LogP contribution in [0.15, 0.2) is 54.6 Å². The van der Waals surface area contributed by atoms with Crippen LogP contribution in [-0.2, 0) is 4.79 Å². The molecule has 0 N–H and O–H groups in total. The van der Waals surface area contributed by atoms with Gasteiger partial charge in [-0.2, -0.15) is 0 Å². The van der Waals surface area contributed by atoms with Crippen LogP contribution in [0.1, 0.15) is 5.56 Å². The second-order valence-corrected chi connectivity index (χ2v) is 7.38. The van der Waals surface area contributed by atoms with Gasteiger partial charge in [0.15, 0.2) is 5.13 Å². The van der Waals surface area contributed by atoms with Crippen molar-refractivity contribution in [3.63, 3.8) is 0 Å². The van der Waals surface area contributed by atoms with E-state index < -0.39 is 0 Å². The minimum Gasteiger partial charge on any atom is -0.497 e. The van der Waals surface area contributed by atoms with E-state index in [1.165, 1.54) is 11.3 Å². The molecule has 1 aromatic heterocycles. The van der Waals surface area contributed by atoms with Crippen molar-refractivity contribution in [2.75, 3.05) is 39.2 Å². The first-order valence-electron chi connectivity index (χ1n) is 8.71. The summed E-state index contributed by atoms with van der Waals surface area (Å²) in [6.45, 7) is 1.33. The predicted octanol–water partition coefficient (Wildman–Crippen LogP) is 3.91. The molecule has 0 fully saturated rings. The molecule has 0 aliphatic heterocycles. The number of carbonyl (C=O) groups excluding carboxylic acids is 1. The van der Waals surface area contributed by atoms with Gasteiger partial charge in [0, 0.05) is 25.2 Å². The van der Waals surface area contributed by atoms with E-state index in [1.807, 2.05) is 68.7 Å². The molecule has 0 radical (unpaired) electrons. The molecule has 6 heteroatoms. The topological polar surface area (TPSA) is 45.7 Å². The molecule has 0 saturated carbocycles. The highest BCUT2D eigenvalue weighted by Gasteiger charge is 2.18. The summed E-state index contributed by atoms with van der Waals surface area (Å²) in [5.41, 5.74) is 1.83. The number of likely N-dealkylation sites (N-methyl/N-ethyl adjacent to an activating group) is 1. The Morgan fingerprint density at radius 1 is 1.15 bits per heavy atom. The number of amides is 1. The Kier molecular flexibility index (Phi) is 6.21. The smallest absolute Gasteiger partial charge is 0.252 e. The lowest BCUT2D eigenvalue weighted by molar-refractivity contribution is -0.114. The molecule has 5 nitrogen and oxygen atoms in total. The number of ether oxygens (including phenoxy) is 1. The molecule has 0 aliphatic rings. The van der Waals surface area contributed by atoms with Gasteiger partial charge >= 0.3 is 0 Å². The molecule has 0 atom stereocenters. The number of methoxy groups -OCH3 is 1. The van der Waals surface area contributed by atoms with Gasteiger partial charge in [0.25, 0.3) is 5.91 Å². The van der Waals surface area contributed by atoms with Crippen LogP contribution in [-0.4, -0.2) is 50.1 Å². The number of hydrogen-bond acceptors (Lipinski definition) is 5.